The fourth-order valence-electron chi connectivity index (χ4n) is 2.28. The van der Waals surface area contributed by atoms with Gasteiger partial charge in [0.15, 0.2) is 12.2 Å². The maximum Gasteiger partial charge on any atom is 0.338 e. The third-order valence-corrected chi connectivity index (χ3v) is 3.09. The lowest BCUT2D eigenvalue weighted by atomic mass is 9.98. The molecule has 24 heavy (non-hydrogen) atoms. The molecule has 0 unspecified atom stereocenters. The van der Waals surface area contributed by atoms with E-state index < -0.39 is 54.6 Å². The fraction of sp³-hybridized carbons (Fsp3) is 0.714. The van der Waals surface area contributed by atoms with Crippen LogP contribution in [-0.4, -0.2) is 68.8 Å². The van der Waals surface area contributed by atoms with E-state index in [0.29, 0.717) is 0 Å². The number of methoxy groups -OCH3 is 2. The summed E-state index contributed by atoms with van der Waals surface area (Å²) in [5, 5.41) is 0. The minimum atomic E-state index is -1.48. The lowest BCUT2D eigenvalue weighted by Crippen LogP contribution is -2.63. The Bertz CT molecular complexity index is 502. The highest BCUT2D eigenvalue weighted by molar-refractivity contribution is 5.76. The minimum absolute atomic E-state index is 0.716. The molecule has 5 atom stereocenters. The van der Waals surface area contributed by atoms with Crippen molar-refractivity contribution < 1.29 is 47.6 Å². The highest BCUT2D eigenvalue weighted by atomic mass is 16.7. The molecule has 0 N–H and O–H groups in total. The van der Waals surface area contributed by atoms with Crippen LogP contribution < -0.4 is 0 Å². The molecule has 1 rings (SSSR count). The average Bonchev–Trinajstić information content (AvgIpc) is 2.47. The third kappa shape index (κ3) is 4.90. The second-order valence-electron chi connectivity index (χ2n) is 4.91. The standard InChI is InChI=1S/C14H20O10/c1-6(15)21-10-9(19-4)11(13(18)20-5)24-14(23-8(3)17)12(10)22-7(2)16/h9-12,14H,1-5H3/t9-,10-,11-,12+,14-/m0/s1. The minimum Gasteiger partial charge on any atom is -0.467 e. The van der Waals surface area contributed by atoms with Gasteiger partial charge in [0.2, 0.25) is 12.4 Å². The molecule has 1 fully saturated rings. The van der Waals surface area contributed by atoms with Crippen LogP contribution in [0.5, 0.6) is 0 Å². The van der Waals surface area contributed by atoms with Gasteiger partial charge in [0, 0.05) is 27.9 Å². The Morgan fingerprint density at radius 1 is 0.750 bits per heavy atom. The van der Waals surface area contributed by atoms with Crippen molar-refractivity contribution in [3.63, 3.8) is 0 Å². The molecule has 0 amide bonds. The van der Waals surface area contributed by atoms with Crippen LogP contribution in [0.1, 0.15) is 20.8 Å². The van der Waals surface area contributed by atoms with Crippen molar-refractivity contribution in [2.45, 2.75) is 51.5 Å². The Balaban J connectivity index is 3.26. The third-order valence-electron chi connectivity index (χ3n) is 3.09. The molecular formula is C14H20O10. The van der Waals surface area contributed by atoms with Crippen molar-refractivity contribution in [1.29, 1.82) is 0 Å². The molecule has 0 saturated carbocycles. The van der Waals surface area contributed by atoms with Gasteiger partial charge in [-0.3, -0.25) is 14.4 Å². The molecule has 1 heterocycles. The molecule has 0 spiro atoms. The van der Waals surface area contributed by atoms with Gasteiger partial charge in [0.05, 0.1) is 7.11 Å². The summed E-state index contributed by atoms with van der Waals surface area (Å²) >= 11 is 0. The van der Waals surface area contributed by atoms with Crippen molar-refractivity contribution >= 4 is 23.9 Å². The van der Waals surface area contributed by atoms with Crippen LogP contribution >= 0.6 is 0 Å². The van der Waals surface area contributed by atoms with Gasteiger partial charge < -0.3 is 28.4 Å². The van der Waals surface area contributed by atoms with E-state index in [-0.39, 0.29) is 0 Å². The topological polar surface area (TPSA) is 124 Å². The van der Waals surface area contributed by atoms with Crippen LogP contribution in [0.4, 0.5) is 0 Å². The molecule has 136 valence electrons. The monoisotopic (exact) mass is 348 g/mol. The Morgan fingerprint density at radius 2 is 1.25 bits per heavy atom. The predicted molar refractivity (Wildman–Crippen MR) is 74.3 cm³/mol. The van der Waals surface area contributed by atoms with Crippen LogP contribution in [0.2, 0.25) is 0 Å². The summed E-state index contributed by atoms with van der Waals surface area (Å²) in [7, 11) is 2.37. The van der Waals surface area contributed by atoms with Crippen molar-refractivity contribution in [3.8, 4) is 0 Å². The molecule has 0 bridgehead atoms. The van der Waals surface area contributed by atoms with Crippen LogP contribution in [0.3, 0.4) is 0 Å². The van der Waals surface area contributed by atoms with Gasteiger partial charge in [-0.2, -0.15) is 0 Å². The maximum atomic E-state index is 11.9. The van der Waals surface area contributed by atoms with Gasteiger partial charge in [0.25, 0.3) is 0 Å². The summed E-state index contributed by atoms with van der Waals surface area (Å²) in [6.45, 7) is 3.34. The number of carbonyl (C=O) groups excluding carboxylic acids is 4. The Hall–Kier alpha value is -2.20. The molecule has 1 aliphatic rings. The molecule has 10 heteroatoms. The summed E-state index contributed by atoms with van der Waals surface area (Å²) in [5.41, 5.74) is 0. The number of ether oxygens (including phenoxy) is 6. The van der Waals surface area contributed by atoms with Crippen molar-refractivity contribution in [3.05, 3.63) is 0 Å². The smallest absolute Gasteiger partial charge is 0.338 e. The van der Waals surface area contributed by atoms with E-state index in [1.165, 1.54) is 7.11 Å². The highest BCUT2D eigenvalue weighted by Gasteiger charge is 2.54. The largest absolute Gasteiger partial charge is 0.467 e. The first-order valence-corrected chi connectivity index (χ1v) is 6.99. The summed E-state index contributed by atoms with van der Waals surface area (Å²) in [6.07, 6.45) is -6.55. The molecule has 0 aromatic heterocycles. The van der Waals surface area contributed by atoms with E-state index in [9.17, 15) is 19.2 Å². The van der Waals surface area contributed by atoms with E-state index in [1.807, 2.05) is 0 Å². The normalized spacial score (nSPS) is 29.3. The second-order valence-corrected chi connectivity index (χ2v) is 4.91. The Kier molecular flexibility index (Phi) is 7.11. The fourth-order valence-corrected chi connectivity index (χ4v) is 2.28. The Labute approximate surface area is 138 Å². The van der Waals surface area contributed by atoms with Crippen LogP contribution in [0.25, 0.3) is 0 Å². The van der Waals surface area contributed by atoms with Gasteiger partial charge in [-0.1, -0.05) is 0 Å². The Morgan fingerprint density at radius 3 is 1.67 bits per heavy atom. The van der Waals surface area contributed by atoms with Gasteiger partial charge in [-0.05, 0) is 0 Å². The number of esters is 4. The first-order valence-electron chi connectivity index (χ1n) is 6.99. The number of hydrogen-bond donors (Lipinski definition) is 0. The van der Waals surface area contributed by atoms with Crippen molar-refractivity contribution in [2.24, 2.45) is 0 Å². The maximum absolute atomic E-state index is 11.9. The summed E-state index contributed by atoms with van der Waals surface area (Å²) < 4.78 is 30.3. The average molecular weight is 348 g/mol. The van der Waals surface area contributed by atoms with Crippen molar-refractivity contribution in [1.82, 2.24) is 0 Å². The zero-order chi connectivity index (χ0) is 18.4. The number of carbonyl (C=O) groups is 4. The van der Waals surface area contributed by atoms with Crippen LogP contribution in [-0.2, 0) is 47.6 Å². The van der Waals surface area contributed by atoms with Gasteiger partial charge in [-0.25, -0.2) is 4.79 Å². The molecule has 0 radical (unpaired) electrons. The van der Waals surface area contributed by atoms with Crippen LogP contribution in [0, 0.1) is 0 Å². The summed E-state index contributed by atoms with van der Waals surface area (Å²) in [5.74, 6) is -3.04. The van der Waals surface area contributed by atoms with Gasteiger partial charge in [0.1, 0.15) is 6.10 Å². The molecule has 0 aliphatic carbocycles. The zero-order valence-corrected chi connectivity index (χ0v) is 14.0. The van der Waals surface area contributed by atoms with E-state index in [4.69, 9.17) is 23.7 Å². The van der Waals surface area contributed by atoms with Gasteiger partial charge in [-0.15, -0.1) is 0 Å². The number of rotatable bonds is 5. The quantitative estimate of drug-likeness (QED) is 0.466. The summed E-state index contributed by atoms with van der Waals surface area (Å²) in [6, 6.07) is 0. The lowest BCUT2D eigenvalue weighted by Gasteiger charge is -2.42. The first-order chi connectivity index (χ1) is 11.2. The molecule has 1 aliphatic heterocycles. The van der Waals surface area contributed by atoms with E-state index in [2.05, 4.69) is 4.74 Å². The van der Waals surface area contributed by atoms with Crippen LogP contribution in [0.15, 0.2) is 0 Å². The zero-order valence-electron chi connectivity index (χ0n) is 14.0. The highest BCUT2D eigenvalue weighted by Crippen LogP contribution is 2.29. The number of hydrogen-bond acceptors (Lipinski definition) is 10. The molecule has 0 aromatic carbocycles. The van der Waals surface area contributed by atoms with E-state index >= 15 is 0 Å². The van der Waals surface area contributed by atoms with Gasteiger partial charge >= 0.3 is 23.9 Å². The molecular weight excluding hydrogens is 328 g/mol. The molecule has 1 saturated heterocycles. The second kappa shape index (κ2) is 8.60. The first kappa shape index (κ1) is 19.8. The lowest BCUT2D eigenvalue weighted by molar-refractivity contribution is -0.295. The van der Waals surface area contributed by atoms with Crippen molar-refractivity contribution in [2.75, 3.05) is 14.2 Å². The molecule has 0 aromatic rings. The molecule has 10 nitrogen and oxygen atoms in total. The van der Waals surface area contributed by atoms with E-state index in [0.717, 1.165) is 27.9 Å². The van der Waals surface area contributed by atoms with E-state index in [1.54, 1.807) is 0 Å². The summed E-state index contributed by atoms with van der Waals surface area (Å²) in [4.78, 5) is 45.9. The SMILES string of the molecule is COC(=O)[C@H]1O[C@H](OC(C)=O)[C@H](OC(C)=O)[C@@H](OC(C)=O)[C@@H]1OC. The predicted octanol–water partition coefficient (Wildman–Crippen LogP) is -0.674.